The van der Waals surface area contributed by atoms with Crippen LogP contribution in [0.25, 0.3) is 0 Å². The van der Waals surface area contributed by atoms with Crippen LogP contribution in [-0.4, -0.2) is 47.2 Å². The molecule has 0 aromatic heterocycles. The third-order valence-electron chi connectivity index (χ3n) is 3.15. The minimum Gasteiger partial charge on any atom is -0.368 e. The molecule has 1 saturated heterocycles. The van der Waals surface area contributed by atoms with Crippen LogP contribution < -0.4 is 4.90 Å². The molecule has 6 heteroatoms. The van der Waals surface area contributed by atoms with Crippen molar-refractivity contribution in [2.24, 2.45) is 0 Å². The van der Waals surface area contributed by atoms with E-state index in [-0.39, 0.29) is 0 Å². The molecule has 1 aromatic rings. The summed E-state index contributed by atoms with van der Waals surface area (Å²) in [5, 5.41) is 20.1. The molecule has 1 fully saturated rings. The van der Waals surface area contributed by atoms with E-state index >= 15 is 0 Å². The summed E-state index contributed by atoms with van der Waals surface area (Å²) in [6.45, 7) is 3.85. The minimum atomic E-state index is -1.76. The second-order valence-corrected chi connectivity index (χ2v) is 5.30. The molecule has 0 spiro atoms. The average molecular weight is 291 g/mol. The Kier molecular flexibility index (Phi) is 4.04. The first-order chi connectivity index (χ1) is 8.39. The Hall–Kier alpha value is -0.520. The molecule has 2 N–H and O–H groups in total. The standard InChI is InChI=1S/C12H16Cl2N2O2/c1-12(17,18)16-7-5-15(6-8-16)10-4-2-3-9(13)11(10)14/h2-4,17-18H,5-8H2,1H3. The van der Waals surface area contributed by atoms with Gasteiger partial charge in [-0.1, -0.05) is 29.3 Å². The molecule has 0 atom stereocenters. The molecule has 2 rings (SSSR count). The Balaban J connectivity index is 2.08. The van der Waals surface area contributed by atoms with Gasteiger partial charge in [0.1, 0.15) is 0 Å². The summed E-state index contributed by atoms with van der Waals surface area (Å²) in [6.07, 6.45) is 0. The van der Waals surface area contributed by atoms with Crippen molar-refractivity contribution in [1.82, 2.24) is 4.90 Å². The number of piperazine rings is 1. The van der Waals surface area contributed by atoms with Gasteiger partial charge in [-0.25, -0.2) is 4.90 Å². The van der Waals surface area contributed by atoms with Crippen molar-refractivity contribution in [3.63, 3.8) is 0 Å². The van der Waals surface area contributed by atoms with Gasteiger partial charge in [-0.05, 0) is 12.1 Å². The van der Waals surface area contributed by atoms with E-state index in [1.165, 1.54) is 6.92 Å². The number of rotatable bonds is 2. The normalized spacial score (nSPS) is 18.2. The fraction of sp³-hybridized carbons (Fsp3) is 0.500. The molecular weight excluding hydrogens is 275 g/mol. The lowest BCUT2D eigenvalue weighted by Gasteiger charge is -2.40. The molecule has 4 nitrogen and oxygen atoms in total. The Labute approximate surface area is 116 Å². The van der Waals surface area contributed by atoms with Crippen molar-refractivity contribution < 1.29 is 10.2 Å². The second-order valence-electron chi connectivity index (χ2n) is 4.52. The van der Waals surface area contributed by atoms with E-state index in [0.29, 0.717) is 36.2 Å². The molecule has 0 saturated carbocycles. The lowest BCUT2D eigenvalue weighted by atomic mass is 10.2. The van der Waals surface area contributed by atoms with Crippen molar-refractivity contribution in [3.05, 3.63) is 28.2 Å². The molecule has 0 unspecified atom stereocenters. The van der Waals surface area contributed by atoms with E-state index in [1.54, 1.807) is 11.0 Å². The van der Waals surface area contributed by atoms with Crippen molar-refractivity contribution in [3.8, 4) is 0 Å². The maximum atomic E-state index is 9.51. The maximum absolute atomic E-state index is 9.51. The van der Waals surface area contributed by atoms with E-state index < -0.39 is 5.91 Å². The van der Waals surface area contributed by atoms with Crippen molar-refractivity contribution in [2.75, 3.05) is 31.1 Å². The molecule has 1 aliphatic heterocycles. The molecule has 0 aliphatic carbocycles. The largest absolute Gasteiger partial charge is 0.368 e. The summed E-state index contributed by atoms with van der Waals surface area (Å²) >= 11 is 12.2. The summed E-state index contributed by atoms with van der Waals surface area (Å²) in [7, 11) is 0. The number of hydrogen-bond donors (Lipinski definition) is 2. The topological polar surface area (TPSA) is 46.9 Å². The summed E-state index contributed by atoms with van der Waals surface area (Å²) < 4.78 is 0. The molecule has 0 amide bonds. The van der Waals surface area contributed by atoms with Gasteiger partial charge in [-0.3, -0.25) is 0 Å². The van der Waals surface area contributed by atoms with Gasteiger partial charge in [0.25, 0.3) is 0 Å². The van der Waals surface area contributed by atoms with Gasteiger partial charge < -0.3 is 15.1 Å². The SMILES string of the molecule is CC(O)(O)N1CCN(c2cccc(Cl)c2Cl)CC1. The Morgan fingerprint density at radius 1 is 1.11 bits per heavy atom. The number of anilines is 1. The molecule has 1 aromatic carbocycles. The number of halogens is 2. The minimum absolute atomic E-state index is 0.533. The van der Waals surface area contributed by atoms with Crippen LogP contribution in [0.15, 0.2) is 18.2 Å². The van der Waals surface area contributed by atoms with Crippen LogP contribution in [0.1, 0.15) is 6.92 Å². The van der Waals surface area contributed by atoms with Gasteiger partial charge in [-0.2, -0.15) is 0 Å². The Morgan fingerprint density at radius 2 is 1.72 bits per heavy atom. The molecule has 0 radical (unpaired) electrons. The highest BCUT2D eigenvalue weighted by Crippen LogP contribution is 2.33. The van der Waals surface area contributed by atoms with E-state index in [9.17, 15) is 10.2 Å². The molecule has 0 bridgehead atoms. The molecular formula is C12H16Cl2N2O2. The predicted octanol–water partition coefficient (Wildman–Crippen LogP) is 1.77. The number of nitrogens with zero attached hydrogens (tertiary/aromatic N) is 2. The maximum Gasteiger partial charge on any atom is 0.222 e. The lowest BCUT2D eigenvalue weighted by molar-refractivity contribution is -0.251. The average Bonchev–Trinajstić information content (AvgIpc) is 2.32. The third kappa shape index (κ3) is 2.90. The molecule has 100 valence electrons. The van der Waals surface area contributed by atoms with E-state index in [2.05, 4.69) is 4.90 Å². The summed E-state index contributed by atoms with van der Waals surface area (Å²) in [5.74, 6) is -1.76. The highest BCUT2D eigenvalue weighted by atomic mass is 35.5. The first kappa shape index (κ1) is 13.9. The quantitative estimate of drug-likeness (QED) is 0.815. The molecule has 18 heavy (non-hydrogen) atoms. The van der Waals surface area contributed by atoms with Gasteiger partial charge in [0.2, 0.25) is 5.91 Å². The summed E-state index contributed by atoms with van der Waals surface area (Å²) in [6, 6.07) is 5.53. The van der Waals surface area contributed by atoms with E-state index in [4.69, 9.17) is 23.2 Å². The fourth-order valence-corrected chi connectivity index (χ4v) is 2.52. The monoisotopic (exact) mass is 290 g/mol. The molecule has 1 aliphatic rings. The van der Waals surface area contributed by atoms with Crippen molar-refractivity contribution >= 4 is 28.9 Å². The van der Waals surface area contributed by atoms with Gasteiger partial charge in [0, 0.05) is 33.1 Å². The fourth-order valence-electron chi connectivity index (χ4n) is 2.11. The number of aliphatic hydroxyl groups is 2. The summed E-state index contributed by atoms with van der Waals surface area (Å²) in [4.78, 5) is 3.71. The van der Waals surface area contributed by atoms with Gasteiger partial charge in [0.15, 0.2) is 0 Å². The number of benzene rings is 1. The van der Waals surface area contributed by atoms with Crippen LogP contribution in [0.5, 0.6) is 0 Å². The van der Waals surface area contributed by atoms with Crippen LogP contribution in [-0.2, 0) is 0 Å². The van der Waals surface area contributed by atoms with E-state index in [1.807, 2.05) is 12.1 Å². The number of hydrogen-bond acceptors (Lipinski definition) is 4. The second kappa shape index (κ2) is 5.23. The zero-order valence-corrected chi connectivity index (χ0v) is 11.6. The van der Waals surface area contributed by atoms with Crippen LogP contribution in [0, 0.1) is 0 Å². The van der Waals surface area contributed by atoms with Gasteiger partial charge in [-0.15, -0.1) is 0 Å². The first-order valence-electron chi connectivity index (χ1n) is 5.78. The van der Waals surface area contributed by atoms with Crippen LogP contribution in [0.3, 0.4) is 0 Å². The Bertz CT molecular complexity index is 427. The van der Waals surface area contributed by atoms with Crippen LogP contribution >= 0.6 is 23.2 Å². The predicted molar refractivity (Wildman–Crippen MR) is 73.1 cm³/mol. The zero-order valence-electron chi connectivity index (χ0n) is 10.1. The smallest absolute Gasteiger partial charge is 0.222 e. The zero-order chi connectivity index (χ0) is 13.3. The highest BCUT2D eigenvalue weighted by Gasteiger charge is 2.30. The van der Waals surface area contributed by atoms with Crippen molar-refractivity contribution in [1.29, 1.82) is 0 Å². The first-order valence-corrected chi connectivity index (χ1v) is 6.54. The summed E-state index contributed by atoms with van der Waals surface area (Å²) in [5.41, 5.74) is 0.890. The molecule has 1 heterocycles. The Morgan fingerprint density at radius 3 is 2.28 bits per heavy atom. The van der Waals surface area contributed by atoms with Crippen LogP contribution in [0.4, 0.5) is 5.69 Å². The highest BCUT2D eigenvalue weighted by molar-refractivity contribution is 6.43. The van der Waals surface area contributed by atoms with Crippen molar-refractivity contribution in [2.45, 2.75) is 12.8 Å². The van der Waals surface area contributed by atoms with E-state index in [0.717, 1.165) is 5.69 Å². The van der Waals surface area contributed by atoms with Crippen LogP contribution in [0.2, 0.25) is 10.0 Å². The lowest BCUT2D eigenvalue weighted by Crippen LogP contribution is -2.56. The van der Waals surface area contributed by atoms with Gasteiger partial charge in [0.05, 0.1) is 15.7 Å². The third-order valence-corrected chi connectivity index (χ3v) is 3.96. The van der Waals surface area contributed by atoms with Gasteiger partial charge >= 0.3 is 0 Å².